The van der Waals surface area contributed by atoms with E-state index in [0.717, 1.165) is 76.6 Å². The summed E-state index contributed by atoms with van der Waals surface area (Å²) in [5.41, 5.74) is 0.899. The molecule has 0 saturated carbocycles. The highest BCUT2D eigenvalue weighted by Gasteiger charge is 2.21. The van der Waals surface area contributed by atoms with Gasteiger partial charge in [0.15, 0.2) is 5.96 Å². The maximum atomic E-state index is 11.1. The van der Waals surface area contributed by atoms with Crippen LogP contribution >= 0.6 is 24.0 Å². The molecule has 0 radical (unpaired) electrons. The van der Waals surface area contributed by atoms with E-state index in [1.807, 2.05) is 18.2 Å². The zero-order valence-electron chi connectivity index (χ0n) is 17.6. The number of phenols is 1. The van der Waals surface area contributed by atoms with Crippen LogP contribution < -0.4 is 10.2 Å². The fourth-order valence-corrected chi connectivity index (χ4v) is 3.34. The van der Waals surface area contributed by atoms with Gasteiger partial charge in [-0.2, -0.15) is 0 Å². The number of anilines is 1. The Kier molecular flexibility index (Phi) is 12.5. The molecular formula is C21H35IN4O3. The molecule has 0 amide bonds. The molecule has 0 bridgehead atoms. The van der Waals surface area contributed by atoms with Crippen LogP contribution in [0.15, 0.2) is 29.3 Å². The predicted molar refractivity (Wildman–Crippen MR) is 128 cm³/mol. The van der Waals surface area contributed by atoms with E-state index in [0.29, 0.717) is 12.2 Å². The summed E-state index contributed by atoms with van der Waals surface area (Å²) in [6, 6.07) is 7.50. The SMILES string of the molecule is CCNC(=NCCCCCCC(=O)OC)N1CCN(c2ccccc2O)CC1.I. The molecular weight excluding hydrogens is 483 g/mol. The van der Waals surface area contributed by atoms with E-state index in [2.05, 4.69) is 26.8 Å². The summed E-state index contributed by atoms with van der Waals surface area (Å²) in [5.74, 6) is 1.17. The molecule has 0 aromatic heterocycles. The van der Waals surface area contributed by atoms with Crippen LogP contribution in [-0.4, -0.2) is 68.3 Å². The average molecular weight is 518 g/mol. The molecule has 164 valence electrons. The number of ether oxygens (including phenoxy) is 1. The van der Waals surface area contributed by atoms with Gasteiger partial charge in [0.05, 0.1) is 12.8 Å². The van der Waals surface area contributed by atoms with Gasteiger partial charge in [0.25, 0.3) is 0 Å². The summed E-state index contributed by atoms with van der Waals surface area (Å²) < 4.78 is 4.65. The Hall–Kier alpha value is -1.71. The maximum absolute atomic E-state index is 11.1. The van der Waals surface area contributed by atoms with Crippen LogP contribution in [0.2, 0.25) is 0 Å². The van der Waals surface area contributed by atoms with Crippen molar-refractivity contribution in [2.45, 2.75) is 39.0 Å². The number of hydrogen-bond acceptors (Lipinski definition) is 5. The Morgan fingerprint density at radius 2 is 1.83 bits per heavy atom. The van der Waals surface area contributed by atoms with E-state index in [1.165, 1.54) is 7.11 Å². The summed E-state index contributed by atoms with van der Waals surface area (Å²) in [6.07, 6.45) is 4.50. The molecule has 1 saturated heterocycles. The number of halogens is 1. The number of esters is 1. The highest BCUT2D eigenvalue weighted by atomic mass is 127. The van der Waals surface area contributed by atoms with Crippen LogP contribution in [0.4, 0.5) is 5.69 Å². The molecule has 1 aromatic carbocycles. The first kappa shape index (κ1) is 25.3. The first-order chi connectivity index (χ1) is 13.7. The highest BCUT2D eigenvalue weighted by molar-refractivity contribution is 14.0. The number of methoxy groups -OCH3 is 1. The summed E-state index contributed by atoms with van der Waals surface area (Å²) in [6.45, 7) is 7.18. The lowest BCUT2D eigenvalue weighted by Crippen LogP contribution is -2.52. The number of aliphatic imine (C=N–C) groups is 1. The van der Waals surface area contributed by atoms with Gasteiger partial charge in [-0.05, 0) is 31.9 Å². The number of para-hydroxylation sites is 2. The normalized spacial score (nSPS) is 14.3. The second kappa shape index (κ2) is 14.3. The number of benzene rings is 1. The first-order valence-electron chi connectivity index (χ1n) is 10.3. The van der Waals surface area contributed by atoms with Gasteiger partial charge in [0, 0.05) is 45.7 Å². The van der Waals surface area contributed by atoms with Crippen LogP contribution in [0.1, 0.15) is 39.0 Å². The zero-order valence-corrected chi connectivity index (χ0v) is 19.9. The lowest BCUT2D eigenvalue weighted by molar-refractivity contribution is -0.140. The first-order valence-corrected chi connectivity index (χ1v) is 10.3. The van der Waals surface area contributed by atoms with Gasteiger partial charge in [-0.3, -0.25) is 9.79 Å². The number of aromatic hydroxyl groups is 1. The van der Waals surface area contributed by atoms with E-state index >= 15 is 0 Å². The van der Waals surface area contributed by atoms with Crippen molar-refractivity contribution < 1.29 is 14.6 Å². The number of carbonyl (C=O) groups is 1. The van der Waals surface area contributed by atoms with Gasteiger partial charge >= 0.3 is 5.97 Å². The smallest absolute Gasteiger partial charge is 0.305 e. The second-order valence-electron chi connectivity index (χ2n) is 6.94. The van der Waals surface area contributed by atoms with E-state index in [1.54, 1.807) is 6.07 Å². The van der Waals surface area contributed by atoms with Crippen molar-refractivity contribution in [2.24, 2.45) is 4.99 Å². The van der Waals surface area contributed by atoms with Crippen molar-refractivity contribution >= 4 is 41.6 Å². The van der Waals surface area contributed by atoms with Gasteiger partial charge in [0.1, 0.15) is 5.75 Å². The molecule has 1 aliphatic rings. The van der Waals surface area contributed by atoms with Crippen LogP contribution in [-0.2, 0) is 9.53 Å². The second-order valence-corrected chi connectivity index (χ2v) is 6.94. The minimum atomic E-state index is -0.129. The molecule has 8 heteroatoms. The molecule has 2 N–H and O–H groups in total. The van der Waals surface area contributed by atoms with Crippen molar-refractivity contribution in [1.29, 1.82) is 0 Å². The van der Waals surface area contributed by atoms with Crippen molar-refractivity contribution in [1.82, 2.24) is 10.2 Å². The Balaban J connectivity index is 0.00000420. The van der Waals surface area contributed by atoms with E-state index in [9.17, 15) is 9.90 Å². The van der Waals surface area contributed by atoms with Crippen LogP contribution in [0, 0.1) is 0 Å². The number of unbranched alkanes of at least 4 members (excludes halogenated alkanes) is 3. The molecule has 1 aromatic rings. The lowest BCUT2D eigenvalue weighted by atomic mass is 10.1. The number of nitrogens with zero attached hydrogens (tertiary/aromatic N) is 3. The largest absolute Gasteiger partial charge is 0.506 e. The molecule has 1 aliphatic heterocycles. The van der Waals surface area contributed by atoms with Crippen molar-refractivity contribution in [3.8, 4) is 5.75 Å². The number of hydrogen-bond donors (Lipinski definition) is 2. The van der Waals surface area contributed by atoms with Gasteiger partial charge in [0.2, 0.25) is 0 Å². The number of rotatable bonds is 9. The standard InChI is InChI=1S/C21H34N4O3.HI/c1-3-22-21(23-13-9-5-4-6-12-20(27)28-2)25-16-14-24(15-17-25)18-10-7-8-11-19(18)26;/h7-8,10-11,26H,3-6,9,12-17H2,1-2H3,(H,22,23);1H. The summed E-state index contributed by atoms with van der Waals surface area (Å²) in [7, 11) is 1.43. The Morgan fingerprint density at radius 3 is 2.48 bits per heavy atom. The molecule has 0 spiro atoms. The molecule has 29 heavy (non-hydrogen) atoms. The minimum Gasteiger partial charge on any atom is -0.506 e. The van der Waals surface area contributed by atoms with Crippen molar-refractivity contribution in [2.75, 3.05) is 51.3 Å². The summed E-state index contributed by atoms with van der Waals surface area (Å²) >= 11 is 0. The topological polar surface area (TPSA) is 77.4 Å². The van der Waals surface area contributed by atoms with Crippen LogP contribution in [0.25, 0.3) is 0 Å². The zero-order chi connectivity index (χ0) is 20.2. The molecule has 2 rings (SSSR count). The highest BCUT2D eigenvalue weighted by Crippen LogP contribution is 2.27. The molecule has 7 nitrogen and oxygen atoms in total. The van der Waals surface area contributed by atoms with Crippen molar-refractivity contribution in [3.05, 3.63) is 24.3 Å². The molecule has 1 heterocycles. The van der Waals surface area contributed by atoms with Crippen LogP contribution in [0.3, 0.4) is 0 Å². The fraction of sp³-hybridized carbons (Fsp3) is 0.619. The number of piperazine rings is 1. The quantitative estimate of drug-likeness (QED) is 0.172. The summed E-state index contributed by atoms with van der Waals surface area (Å²) in [4.78, 5) is 20.4. The maximum Gasteiger partial charge on any atom is 0.305 e. The molecule has 1 fully saturated rings. The molecule has 0 atom stereocenters. The van der Waals surface area contributed by atoms with Gasteiger partial charge in [-0.15, -0.1) is 24.0 Å². The third-order valence-corrected chi connectivity index (χ3v) is 4.91. The Morgan fingerprint density at radius 1 is 1.14 bits per heavy atom. The number of phenolic OH excluding ortho intramolecular Hbond substituents is 1. The van der Waals surface area contributed by atoms with Gasteiger partial charge < -0.3 is 25.0 Å². The third kappa shape index (κ3) is 8.67. The fourth-order valence-electron chi connectivity index (χ4n) is 3.34. The predicted octanol–water partition coefficient (Wildman–Crippen LogP) is 3.22. The van der Waals surface area contributed by atoms with Gasteiger partial charge in [-0.1, -0.05) is 25.0 Å². The van der Waals surface area contributed by atoms with E-state index in [4.69, 9.17) is 4.99 Å². The summed E-state index contributed by atoms with van der Waals surface area (Å²) in [5, 5.41) is 13.4. The molecule has 0 unspecified atom stereocenters. The monoisotopic (exact) mass is 518 g/mol. The van der Waals surface area contributed by atoms with E-state index in [-0.39, 0.29) is 29.9 Å². The Bertz CT molecular complexity index is 634. The average Bonchev–Trinajstić information content (AvgIpc) is 2.72. The Labute approximate surface area is 191 Å². The molecule has 0 aliphatic carbocycles. The lowest BCUT2D eigenvalue weighted by Gasteiger charge is -2.37. The minimum absolute atomic E-state index is 0. The number of guanidine groups is 1. The van der Waals surface area contributed by atoms with Crippen LogP contribution in [0.5, 0.6) is 5.75 Å². The third-order valence-electron chi connectivity index (χ3n) is 4.91. The van der Waals surface area contributed by atoms with Crippen molar-refractivity contribution in [3.63, 3.8) is 0 Å². The number of nitrogens with one attached hydrogen (secondary N) is 1. The van der Waals surface area contributed by atoms with Gasteiger partial charge in [-0.25, -0.2) is 0 Å². The van der Waals surface area contributed by atoms with E-state index < -0.39 is 0 Å². The number of carbonyl (C=O) groups excluding carboxylic acids is 1.